The lowest BCUT2D eigenvalue weighted by Crippen LogP contribution is -2.04. The first-order chi connectivity index (χ1) is 8.93. The lowest BCUT2D eigenvalue weighted by atomic mass is 9.99. The highest BCUT2D eigenvalue weighted by atomic mass is 16.5. The molecular weight excluding hydrogens is 242 g/mol. The molecule has 1 aromatic carbocycles. The van der Waals surface area contributed by atoms with Crippen molar-refractivity contribution < 1.29 is 14.6 Å². The van der Waals surface area contributed by atoms with Crippen LogP contribution < -0.4 is 4.74 Å². The van der Waals surface area contributed by atoms with Crippen LogP contribution in [0.3, 0.4) is 0 Å². The Bertz CT molecular complexity index is 628. The largest absolute Gasteiger partial charge is 0.497 e. The second-order valence-electron chi connectivity index (χ2n) is 5.03. The minimum Gasteiger partial charge on any atom is -0.497 e. The zero-order chi connectivity index (χ0) is 14.2. The van der Waals surface area contributed by atoms with Crippen molar-refractivity contribution in [2.75, 3.05) is 7.11 Å². The van der Waals surface area contributed by atoms with Crippen LogP contribution >= 0.6 is 0 Å². The maximum atomic E-state index is 10.8. The smallest absolute Gasteiger partial charge is 0.304 e. The van der Waals surface area contributed by atoms with Crippen LogP contribution in [-0.4, -0.2) is 23.2 Å². The molecule has 2 aromatic rings. The average Bonchev–Trinajstić information content (AvgIpc) is 2.67. The van der Waals surface area contributed by atoms with Gasteiger partial charge in [-0.3, -0.25) is 4.79 Å². The summed E-state index contributed by atoms with van der Waals surface area (Å²) in [5.74, 6) is 0.0136. The van der Waals surface area contributed by atoms with E-state index in [1.54, 1.807) is 7.11 Å². The number of aromatic amines is 1. The van der Waals surface area contributed by atoms with Crippen molar-refractivity contribution in [3.05, 3.63) is 29.0 Å². The summed E-state index contributed by atoms with van der Waals surface area (Å²) in [4.78, 5) is 14.2. The van der Waals surface area contributed by atoms with E-state index < -0.39 is 5.97 Å². The van der Waals surface area contributed by atoms with Crippen molar-refractivity contribution in [2.24, 2.45) is 0 Å². The van der Waals surface area contributed by atoms with E-state index in [-0.39, 0.29) is 12.3 Å². The Morgan fingerprint density at radius 2 is 2.11 bits per heavy atom. The van der Waals surface area contributed by atoms with Crippen LogP contribution in [0.25, 0.3) is 10.9 Å². The van der Waals surface area contributed by atoms with Gasteiger partial charge >= 0.3 is 5.97 Å². The van der Waals surface area contributed by atoms with Crippen molar-refractivity contribution in [2.45, 2.75) is 33.1 Å². The van der Waals surface area contributed by atoms with Crippen LogP contribution in [0.2, 0.25) is 0 Å². The zero-order valence-corrected chi connectivity index (χ0v) is 11.7. The number of ether oxygens (including phenoxy) is 1. The van der Waals surface area contributed by atoms with Gasteiger partial charge in [0.15, 0.2) is 0 Å². The molecule has 1 heterocycles. The number of rotatable bonds is 4. The number of fused-ring (bicyclic) bond motifs is 1. The number of benzene rings is 1. The summed E-state index contributed by atoms with van der Waals surface area (Å²) >= 11 is 0. The number of hydrogen-bond acceptors (Lipinski definition) is 2. The van der Waals surface area contributed by atoms with Gasteiger partial charge in [0.2, 0.25) is 0 Å². The molecule has 19 heavy (non-hydrogen) atoms. The average molecular weight is 261 g/mol. The monoisotopic (exact) mass is 261 g/mol. The van der Waals surface area contributed by atoms with Crippen LogP contribution in [0.15, 0.2) is 12.1 Å². The van der Waals surface area contributed by atoms with E-state index in [1.807, 2.05) is 32.9 Å². The third kappa shape index (κ3) is 2.43. The highest BCUT2D eigenvalue weighted by Gasteiger charge is 2.17. The van der Waals surface area contributed by atoms with Gasteiger partial charge in [0.05, 0.1) is 13.5 Å². The topological polar surface area (TPSA) is 62.3 Å². The summed E-state index contributed by atoms with van der Waals surface area (Å²) in [6.07, 6.45) is 0.129. The first-order valence-corrected chi connectivity index (χ1v) is 6.32. The molecule has 0 radical (unpaired) electrons. The normalized spacial score (nSPS) is 12.6. The van der Waals surface area contributed by atoms with Gasteiger partial charge in [-0.25, -0.2) is 0 Å². The van der Waals surface area contributed by atoms with Gasteiger partial charge in [0.25, 0.3) is 0 Å². The van der Waals surface area contributed by atoms with Gasteiger partial charge in [0.1, 0.15) is 5.75 Å². The number of nitrogens with one attached hydrogen (secondary N) is 1. The maximum Gasteiger partial charge on any atom is 0.304 e. The molecule has 0 spiro atoms. The van der Waals surface area contributed by atoms with E-state index in [2.05, 4.69) is 4.98 Å². The predicted octanol–water partition coefficient (Wildman–Crippen LogP) is 3.37. The number of aliphatic carboxylic acids is 1. The van der Waals surface area contributed by atoms with Gasteiger partial charge < -0.3 is 14.8 Å². The molecule has 4 heteroatoms. The molecule has 1 atom stereocenters. The molecule has 0 aliphatic carbocycles. The van der Waals surface area contributed by atoms with E-state index in [0.717, 1.165) is 33.5 Å². The van der Waals surface area contributed by atoms with E-state index in [9.17, 15) is 4.79 Å². The summed E-state index contributed by atoms with van der Waals surface area (Å²) in [6, 6.07) is 3.97. The molecule has 0 fully saturated rings. The van der Waals surface area contributed by atoms with Crippen LogP contribution in [0.4, 0.5) is 0 Å². The molecular formula is C15H19NO3. The minimum absolute atomic E-state index is 0.0321. The Balaban J connectivity index is 2.56. The molecule has 4 nitrogen and oxygen atoms in total. The lowest BCUT2D eigenvalue weighted by Gasteiger charge is -2.07. The summed E-state index contributed by atoms with van der Waals surface area (Å²) < 4.78 is 5.28. The number of methoxy groups -OCH3 is 1. The third-order valence-corrected chi connectivity index (χ3v) is 3.59. The van der Waals surface area contributed by atoms with Crippen molar-refractivity contribution in [1.82, 2.24) is 4.98 Å². The molecule has 2 rings (SSSR count). The molecule has 1 unspecified atom stereocenters. The Kier molecular flexibility index (Phi) is 3.51. The zero-order valence-electron chi connectivity index (χ0n) is 11.7. The lowest BCUT2D eigenvalue weighted by molar-refractivity contribution is -0.137. The summed E-state index contributed by atoms with van der Waals surface area (Å²) in [5, 5.41) is 10.0. The number of aryl methyl sites for hydroxylation is 2. The molecule has 2 N–H and O–H groups in total. The fraction of sp³-hybridized carbons (Fsp3) is 0.400. The summed E-state index contributed by atoms with van der Waals surface area (Å²) in [6.45, 7) is 5.97. The van der Waals surface area contributed by atoms with E-state index >= 15 is 0 Å². The molecule has 0 aliphatic heterocycles. The maximum absolute atomic E-state index is 10.8. The number of carbonyl (C=O) groups is 1. The van der Waals surface area contributed by atoms with Crippen molar-refractivity contribution in [1.29, 1.82) is 0 Å². The minimum atomic E-state index is -0.778. The molecule has 0 bridgehead atoms. The summed E-state index contributed by atoms with van der Waals surface area (Å²) in [7, 11) is 1.65. The van der Waals surface area contributed by atoms with E-state index in [0.29, 0.717) is 0 Å². The highest BCUT2D eigenvalue weighted by Crippen LogP contribution is 2.33. The highest BCUT2D eigenvalue weighted by molar-refractivity contribution is 5.88. The second kappa shape index (κ2) is 4.96. The van der Waals surface area contributed by atoms with Crippen molar-refractivity contribution in [3.8, 4) is 5.75 Å². The third-order valence-electron chi connectivity index (χ3n) is 3.59. The molecule has 1 aromatic heterocycles. The van der Waals surface area contributed by atoms with E-state index in [1.165, 1.54) is 0 Å². The number of carboxylic acids is 1. The first-order valence-electron chi connectivity index (χ1n) is 6.32. The quantitative estimate of drug-likeness (QED) is 0.887. The number of hydrogen-bond donors (Lipinski definition) is 2. The Labute approximate surface area is 112 Å². The molecule has 0 saturated heterocycles. The van der Waals surface area contributed by atoms with E-state index in [4.69, 9.17) is 9.84 Å². The van der Waals surface area contributed by atoms with Crippen molar-refractivity contribution >= 4 is 16.9 Å². The second-order valence-corrected chi connectivity index (χ2v) is 5.03. The van der Waals surface area contributed by atoms with Gasteiger partial charge in [-0.2, -0.15) is 0 Å². The Morgan fingerprint density at radius 1 is 1.42 bits per heavy atom. The van der Waals surface area contributed by atoms with Gasteiger partial charge in [-0.1, -0.05) is 6.92 Å². The van der Waals surface area contributed by atoms with Crippen molar-refractivity contribution in [3.63, 3.8) is 0 Å². The number of aromatic nitrogens is 1. The van der Waals surface area contributed by atoms with Gasteiger partial charge in [0, 0.05) is 22.5 Å². The predicted molar refractivity (Wildman–Crippen MR) is 75.0 cm³/mol. The fourth-order valence-electron chi connectivity index (χ4n) is 2.56. The van der Waals surface area contributed by atoms with Gasteiger partial charge in [-0.15, -0.1) is 0 Å². The molecule has 0 aliphatic rings. The van der Waals surface area contributed by atoms with Crippen LogP contribution in [0.5, 0.6) is 5.75 Å². The van der Waals surface area contributed by atoms with Crippen LogP contribution in [-0.2, 0) is 4.79 Å². The Hall–Kier alpha value is -1.97. The Morgan fingerprint density at radius 3 is 2.68 bits per heavy atom. The van der Waals surface area contributed by atoms with Crippen LogP contribution in [0, 0.1) is 13.8 Å². The molecule has 0 saturated carbocycles. The fourth-order valence-corrected chi connectivity index (χ4v) is 2.56. The molecule has 102 valence electrons. The van der Waals surface area contributed by atoms with Gasteiger partial charge in [-0.05, 0) is 37.1 Å². The number of carboxylic acid groups (broad SMARTS) is 1. The first kappa shape index (κ1) is 13.5. The SMILES string of the molecule is COc1cc(C)c2[nH]c(C(C)CC(=O)O)c(C)c2c1. The number of H-pyrrole nitrogens is 1. The van der Waals surface area contributed by atoms with Crippen LogP contribution in [0.1, 0.15) is 36.1 Å². The standard InChI is InChI=1S/C15H19NO3/c1-8-5-11(19-4)7-12-10(3)14(16-15(8)12)9(2)6-13(17)18/h5,7,9,16H,6H2,1-4H3,(H,17,18). The summed E-state index contributed by atoms with van der Waals surface area (Å²) in [5.41, 5.74) is 4.26. The molecule has 0 amide bonds.